The van der Waals surface area contributed by atoms with E-state index in [1.807, 2.05) is 13.8 Å². The summed E-state index contributed by atoms with van der Waals surface area (Å²) in [6.07, 6.45) is -3.00. The number of amides is 1. The molecule has 242 valence electrons. The highest BCUT2D eigenvalue weighted by Gasteiger charge is 2.31. The van der Waals surface area contributed by atoms with E-state index in [1.54, 1.807) is 34.9 Å². The number of carboxylic acid groups (broad SMARTS) is 1. The molecule has 0 aliphatic rings. The maximum Gasteiger partial charge on any atom is 0.337 e. The molecule has 46 heavy (non-hydrogen) atoms. The molecule has 11 heteroatoms. The normalized spacial score (nSPS) is 12.5. The van der Waals surface area contributed by atoms with Crippen LogP contribution in [0.2, 0.25) is 0 Å². The fourth-order valence-corrected chi connectivity index (χ4v) is 5.54. The number of nitrogens with one attached hydrogen (secondary N) is 1. The van der Waals surface area contributed by atoms with Crippen molar-refractivity contribution < 1.29 is 43.2 Å². The van der Waals surface area contributed by atoms with E-state index in [-0.39, 0.29) is 36.6 Å². The number of halogens is 2. The number of carbonyl (C=O) groups is 3. The SMILES string of the molecule is COC(=O)c1cccc(NC(=O)c2c(-c3ccc(F)cc3)c(-c3ccc(F)cc3)c(CC[C@@H](O)C[C@@H](O)CC(=O)[O-])n2C(C)C)c1. The number of benzene rings is 3. The second-order valence-corrected chi connectivity index (χ2v) is 11.2. The van der Waals surface area contributed by atoms with Gasteiger partial charge in [0.05, 0.1) is 24.9 Å². The average Bonchev–Trinajstić information content (AvgIpc) is 3.35. The zero-order valence-corrected chi connectivity index (χ0v) is 25.6. The van der Waals surface area contributed by atoms with Crippen LogP contribution in [0.1, 0.15) is 65.7 Å². The number of hydrogen-bond donors (Lipinski definition) is 3. The average molecular weight is 634 g/mol. The minimum atomic E-state index is -1.44. The van der Waals surface area contributed by atoms with Crippen molar-refractivity contribution in [1.82, 2.24) is 4.57 Å². The van der Waals surface area contributed by atoms with Gasteiger partial charge in [-0.2, -0.15) is 0 Å². The van der Waals surface area contributed by atoms with Crippen LogP contribution in [0.4, 0.5) is 14.5 Å². The number of aliphatic carboxylic acids is 1. The lowest BCUT2D eigenvalue weighted by atomic mass is 9.92. The molecule has 0 unspecified atom stereocenters. The molecule has 4 aromatic rings. The van der Waals surface area contributed by atoms with Crippen molar-refractivity contribution in [3.05, 3.63) is 101 Å². The third-order valence-electron chi connectivity index (χ3n) is 7.51. The summed E-state index contributed by atoms with van der Waals surface area (Å²) in [6.45, 7) is 3.72. The molecule has 9 nitrogen and oxygen atoms in total. The second-order valence-electron chi connectivity index (χ2n) is 11.2. The summed E-state index contributed by atoms with van der Waals surface area (Å²) in [5, 5.41) is 34.6. The number of aliphatic hydroxyl groups is 2. The third-order valence-corrected chi connectivity index (χ3v) is 7.51. The summed E-state index contributed by atoms with van der Waals surface area (Å²) < 4.78 is 34.8. The standard InChI is InChI=1S/C35H36F2N2O7/c1-20(2)39-29(16-15-27(40)18-28(41)19-30(42)43)31(21-7-11-24(36)12-8-21)32(22-9-13-25(37)14-10-22)33(39)34(44)38-26-6-4-5-23(17-26)35(45)46-3/h4-14,17,20,27-28,40-41H,15-16,18-19H2,1-3H3,(H,38,44)(H,42,43)/p-1/t27-,28-/m1/s1. The zero-order chi connectivity index (χ0) is 33.5. The minimum Gasteiger partial charge on any atom is -0.550 e. The van der Waals surface area contributed by atoms with Gasteiger partial charge in [-0.25, -0.2) is 13.6 Å². The maximum absolute atomic E-state index is 14.3. The fourth-order valence-electron chi connectivity index (χ4n) is 5.54. The van der Waals surface area contributed by atoms with Crippen molar-refractivity contribution >= 4 is 23.5 Å². The molecular formula is C35H35F2N2O7-. The van der Waals surface area contributed by atoms with Gasteiger partial charge in [0.15, 0.2) is 0 Å². The Morgan fingerprint density at radius 3 is 2.02 bits per heavy atom. The predicted octanol–water partition coefficient (Wildman–Crippen LogP) is 4.90. The van der Waals surface area contributed by atoms with Crippen LogP contribution in [0.5, 0.6) is 0 Å². The largest absolute Gasteiger partial charge is 0.550 e. The fraction of sp³-hybridized carbons (Fsp3) is 0.286. The van der Waals surface area contributed by atoms with Crippen molar-refractivity contribution in [3.63, 3.8) is 0 Å². The Balaban J connectivity index is 1.91. The summed E-state index contributed by atoms with van der Waals surface area (Å²) in [6, 6.07) is 17.2. The summed E-state index contributed by atoms with van der Waals surface area (Å²) in [7, 11) is 1.25. The number of anilines is 1. The lowest BCUT2D eigenvalue weighted by Gasteiger charge is -2.20. The predicted molar refractivity (Wildman–Crippen MR) is 166 cm³/mol. The Labute approximate surface area is 265 Å². The van der Waals surface area contributed by atoms with E-state index in [4.69, 9.17) is 4.74 Å². The van der Waals surface area contributed by atoms with Crippen LogP contribution in [-0.2, 0) is 16.0 Å². The first-order chi connectivity index (χ1) is 21.9. The number of carbonyl (C=O) groups excluding carboxylic acids is 3. The highest BCUT2D eigenvalue weighted by molar-refractivity contribution is 6.11. The molecule has 0 spiro atoms. The van der Waals surface area contributed by atoms with E-state index < -0.39 is 48.1 Å². The van der Waals surface area contributed by atoms with Gasteiger partial charge < -0.3 is 34.7 Å². The summed E-state index contributed by atoms with van der Waals surface area (Å²) in [5.41, 5.74) is 3.38. The van der Waals surface area contributed by atoms with E-state index in [9.17, 15) is 38.5 Å². The van der Waals surface area contributed by atoms with Gasteiger partial charge in [-0.05, 0) is 86.7 Å². The maximum atomic E-state index is 14.3. The molecule has 0 saturated carbocycles. The molecule has 1 amide bonds. The lowest BCUT2D eigenvalue weighted by molar-refractivity contribution is -0.307. The summed E-state index contributed by atoms with van der Waals surface area (Å²) in [4.78, 5) is 37.3. The molecule has 0 aliphatic carbocycles. The molecule has 0 fully saturated rings. The molecule has 0 aliphatic heterocycles. The second kappa shape index (κ2) is 14.9. The number of aliphatic hydroxyl groups excluding tert-OH is 2. The number of esters is 1. The van der Waals surface area contributed by atoms with Crippen molar-refractivity contribution in [1.29, 1.82) is 0 Å². The van der Waals surface area contributed by atoms with Gasteiger partial charge in [0.2, 0.25) is 0 Å². The topological polar surface area (TPSA) is 141 Å². The molecule has 3 N–H and O–H groups in total. The molecule has 0 bridgehead atoms. The van der Waals surface area contributed by atoms with Gasteiger partial charge in [0.1, 0.15) is 17.3 Å². The van der Waals surface area contributed by atoms with Crippen LogP contribution in [0.25, 0.3) is 22.3 Å². The van der Waals surface area contributed by atoms with Crippen LogP contribution in [0.3, 0.4) is 0 Å². The quantitative estimate of drug-likeness (QED) is 0.178. The molecule has 3 aromatic carbocycles. The Morgan fingerprint density at radius 1 is 0.891 bits per heavy atom. The molecule has 1 aromatic heterocycles. The van der Waals surface area contributed by atoms with Crippen LogP contribution < -0.4 is 10.4 Å². The first-order valence-corrected chi connectivity index (χ1v) is 14.7. The van der Waals surface area contributed by atoms with Crippen molar-refractivity contribution in [3.8, 4) is 22.3 Å². The smallest absolute Gasteiger partial charge is 0.337 e. The number of ether oxygens (including phenoxy) is 1. The Kier molecular flexibility index (Phi) is 11.0. The van der Waals surface area contributed by atoms with Gasteiger partial charge >= 0.3 is 5.97 Å². The van der Waals surface area contributed by atoms with Crippen LogP contribution in [0, 0.1) is 11.6 Å². The van der Waals surface area contributed by atoms with Crippen molar-refractivity contribution in [2.24, 2.45) is 0 Å². The highest BCUT2D eigenvalue weighted by atomic mass is 19.1. The molecule has 4 rings (SSSR count). The first-order valence-electron chi connectivity index (χ1n) is 14.7. The zero-order valence-electron chi connectivity index (χ0n) is 25.6. The monoisotopic (exact) mass is 633 g/mol. The van der Waals surface area contributed by atoms with Gasteiger partial charge in [-0.1, -0.05) is 30.3 Å². The van der Waals surface area contributed by atoms with Gasteiger partial charge in [0, 0.05) is 40.9 Å². The number of nitrogens with zero attached hydrogens (tertiary/aromatic N) is 1. The summed E-state index contributed by atoms with van der Waals surface area (Å²) in [5.74, 6) is -3.53. The number of rotatable bonds is 13. The molecule has 0 radical (unpaired) electrons. The number of methoxy groups -OCH3 is 1. The summed E-state index contributed by atoms with van der Waals surface area (Å²) >= 11 is 0. The van der Waals surface area contributed by atoms with Crippen LogP contribution in [0.15, 0.2) is 72.8 Å². The molecular weight excluding hydrogens is 598 g/mol. The Morgan fingerprint density at radius 2 is 1.48 bits per heavy atom. The van der Waals surface area contributed by atoms with E-state index >= 15 is 0 Å². The molecule has 2 atom stereocenters. The van der Waals surface area contributed by atoms with Gasteiger partial charge in [-0.15, -0.1) is 0 Å². The minimum absolute atomic E-state index is 0.0835. The van der Waals surface area contributed by atoms with E-state index in [0.29, 0.717) is 33.6 Å². The van der Waals surface area contributed by atoms with E-state index in [1.165, 1.54) is 49.6 Å². The van der Waals surface area contributed by atoms with E-state index in [0.717, 1.165) is 0 Å². The number of carboxylic acids is 1. The van der Waals surface area contributed by atoms with E-state index in [2.05, 4.69) is 5.32 Å². The first kappa shape index (κ1) is 34.0. The van der Waals surface area contributed by atoms with Crippen LogP contribution >= 0.6 is 0 Å². The van der Waals surface area contributed by atoms with Crippen molar-refractivity contribution in [2.75, 3.05) is 12.4 Å². The number of hydrogen-bond acceptors (Lipinski definition) is 7. The van der Waals surface area contributed by atoms with Crippen LogP contribution in [-0.4, -0.2) is 51.9 Å². The lowest BCUT2D eigenvalue weighted by Crippen LogP contribution is -2.29. The molecule has 0 saturated heterocycles. The molecule has 1 heterocycles. The highest BCUT2D eigenvalue weighted by Crippen LogP contribution is 2.43. The van der Waals surface area contributed by atoms with Crippen molar-refractivity contribution in [2.45, 2.75) is 57.8 Å². The third kappa shape index (κ3) is 8.04. The van der Waals surface area contributed by atoms with Gasteiger partial charge in [-0.3, -0.25) is 4.79 Å². The Bertz CT molecular complexity index is 1700. The Hall–Kier alpha value is -4.87. The number of aromatic nitrogens is 1. The van der Waals surface area contributed by atoms with Gasteiger partial charge in [0.25, 0.3) is 5.91 Å².